The van der Waals surface area contributed by atoms with Crippen molar-refractivity contribution in [1.82, 2.24) is 18.5 Å². The molecule has 0 atom stereocenters. The first kappa shape index (κ1) is 103. The van der Waals surface area contributed by atoms with Crippen molar-refractivity contribution in [2.24, 2.45) is 8.73 Å². The number of fused-ring (bicyclic) bond motifs is 12. The summed E-state index contributed by atoms with van der Waals surface area (Å²) in [6.45, 7) is 77.5. The molecule has 21 heterocycles. The molecular weight excluding hydrogens is 2110 g/mol. The van der Waals surface area contributed by atoms with Crippen molar-refractivity contribution in [3.05, 3.63) is 223 Å². The van der Waals surface area contributed by atoms with Crippen molar-refractivity contribution in [2.45, 2.75) is 249 Å². The zero-order valence-electron chi connectivity index (χ0n) is 85.3. The third-order valence-electron chi connectivity index (χ3n) is 28.2. The Balaban J connectivity index is 0.000000116. The largest absolute Gasteiger partial charge is 0.457 e. The van der Waals surface area contributed by atoms with E-state index in [0.717, 1.165) is 105 Å². The van der Waals surface area contributed by atoms with Gasteiger partial charge < -0.3 is 18.6 Å². The Morgan fingerprint density at radius 1 is 0.314 bits per heavy atom. The van der Waals surface area contributed by atoms with Gasteiger partial charge in [0, 0.05) is 118 Å². The molecule has 714 valence electrons. The molecule has 18 aromatic heterocycles. The number of Topliss-reactive ketones (excluding diaryl/α,β-unsaturated/α-hetero) is 1. The van der Waals surface area contributed by atoms with Crippen LogP contribution < -0.4 is 0 Å². The molecule has 23 rings (SSSR count). The molecule has 0 saturated heterocycles. The Bertz CT molecular complexity index is 8170. The van der Waals surface area contributed by atoms with Crippen molar-refractivity contribution < 1.29 is 23.2 Å². The van der Waals surface area contributed by atoms with Gasteiger partial charge in [0.25, 0.3) is 11.8 Å². The van der Waals surface area contributed by atoms with Crippen LogP contribution in [0.3, 0.4) is 0 Å². The van der Waals surface area contributed by atoms with Gasteiger partial charge in [0.2, 0.25) is 0 Å². The van der Waals surface area contributed by atoms with Crippen molar-refractivity contribution >= 4 is 329 Å². The number of thiophene rings is 13. The number of aryl methyl sites for hydroxylation is 27. The summed E-state index contributed by atoms with van der Waals surface area (Å²) in [6.07, 6.45) is 0. The summed E-state index contributed by atoms with van der Waals surface area (Å²) >= 11 is 27.8. The van der Waals surface area contributed by atoms with Crippen LogP contribution in [-0.4, -0.2) is 79.2 Å². The average molecular weight is 2230 g/mol. The number of furan rings is 2. The number of amides is 2. The number of hydrogen-bond acceptors (Lipinski definition) is 23. The van der Waals surface area contributed by atoms with E-state index in [2.05, 4.69) is 225 Å². The summed E-state index contributed by atoms with van der Waals surface area (Å²) < 4.78 is 50.1. The molecule has 0 aliphatic carbocycles. The van der Waals surface area contributed by atoms with Gasteiger partial charge in [-0.25, -0.2) is 0 Å². The molecule has 0 radical (unpaired) electrons. The fraction of sp³-hybridized carbons (Fsp3) is 0.349. The summed E-state index contributed by atoms with van der Waals surface area (Å²) in [7, 11) is 3.56. The van der Waals surface area contributed by atoms with Gasteiger partial charge in [0.05, 0.1) is 90.2 Å². The zero-order chi connectivity index (χ0) is 99.7. The van der Waals surface area contributed by atoms with E-state index in [4.69, 9.17) is 26.3 Å². The Labute approximate surface area is 876 Å². The molecule has 137 heavy (non-hydrogen) atoms. The number of benzene rings is 2. The molecule has 3 aliphatic rings. The van der Waals surface area contributed by atoms with Crippen LogP contribution in [0.5, 0.6) is 0 Å². The summed E-state index contributed by atoms with van der Waals surface area (Å²) in [6, 6.07) is 0. The van der Waals surface area contributed by atoms with Crippen LogP contribution in [0, 0.1) is 242 Å². The van der Waals surface area contributed by atoms with Gasteiger partial charge in [0.15, 0.2) is 16.9 Å². The SMILES string of the molecule is CC(=O)c1sc2c(C)sc(C)c2c1C.Cc1[se]c2c(C)c(C)[se]c2c1C.Cc1oc2c(C)c(C)oc2c1C.Cc1sc(-c2c3c(c(-c4sc(C)c(C)c4C)c4nsnc24)N=S=N3)c(C)c1C.Cc1sc(C2=C3C(=O)N(C)C(c4sc(C)c(C)c4C)=C3C(=O)N2C)c(C)c1C.Cc1sc2c(C)c3c(C)csc3c(C)c2c1C.Cc1sc2c(C)csc2c1C.Cc1sc2c(sc3c(C)c(C)sc32)c1C. The van der Waals surface area contributed by atoms with Gasteiger partial charge in [-0.3, -0.25) is 14.4 Å². The van der Waals surface area contributed by atoms with E-state index in [1.807, 2.05) is 141 Å². The van der Waals surface area contributed by atoms with Crippen molar-refractivity contribution in [1.29, 1.82) is 0 Å². The van der Waals surface area contributed by atoms with Crippen LogP contribution in [0.1, 0.15) is 212 Å². The summed E-state index contributed by atoms with van der Waals surface area (Å²) in [5.74, 6) is 1.90. The van der Waals surface area contributed by atoms with Gasteiger partial charge >= 0.3 is 85.2 Å². The molecule has 0 saturated carbocycles. The zero-order valence-corrected chi connectivity index (χ0v) is 101. The van der Waals surface area contributed by atoms with Crippen molar-refractivity contribution in [2.75, 3.05) is 14.1 Å². The number of ketones is 1. The number of hydrogen-bond donors (Lipinski definition) is 0. The monoisotopic (exact) mass is 2230 g/mol. The van der Waals surface area contributed by atoms with E-state index >= 15 is 0 Å². The summed E-state index contributed by atoms with van der Waals surface area (Å²) in [4.78, 5) is 60.4. The first-order chi connectivity index (χ1) is 64.5. The molecule has 0 bridgehead atoms. The summed E-state index contributed by atoms with van der Waals surface area (Å²) in [5.41, 5.74) is 38.8. The third kappa shape index (κ3) is 17.7. The number of carbonyl (C=O) groups excluding carboxylic acids is 3. The van der Waals surface area contributed by atoms with E-state index in [1.54, 1.807) is 93.4 Å². The van der Waals surface area contributed by atoms with Crippen LogP contribution in [0.2, 0.25) is 0 Å². The van der Waals surface area contributed by atoms with Gasteiger partial charge in [0.1, 0.15) is 33.9 Å². The smallest absolute Gasteiger partial charge is 0.261 e. The Morgan fingerprint density at radius 3 is 1.09 bits per heavy atom. The van der Waals surface area contributed by atoms with Crippen LogP contribution in [-0.2, 0) is 20.9 Å². The fourth-order valence-electron chi connectivity index (χ4n) is 18.0. The molecule has 0 unspecified atom stereocenters. The third-order valence-corrected chi connectivity index (χ3v) is 53.0. The molecule has 2 amide bonds. The number of rotatable bonds is 5. The van der Waals surface area contributed by atoms with Gasteiger partial charge in [-0.05, 0) is 332 Å². The maximum atomic E-state index is 13.3. The molecule has 3 aliphatic heterocycles. The van der Waals surface area contributed by atoms with E-state index in [0.29, 0.717) is 40.2 Å². The second-order valence-electron chi connectivity index (χ2n) is 36.5. The minimum Gasteiger partial charge on any atom is -0.457 e. The maximum Gasteiger partial charge on any atom is 0.261 e. The molecule has 0 fully saturated rings. The minimum absolute atomic E-state index is 0.0936. The number of aromatic nitrogens is 2. The standard InChI is InChI=1S/C22H24N2O2S2.C20H18N4S4.C15H16S2.C12H12S3.C11H12OS2.C10H12O2.C10H12Se2.C9H10S2/c1-9-11(3)19(27-13(9)5)17-15-16(22(26)23(17)7)18(24(8)21(15)25)20-12(4)10(2)14(6)28-20;1-7-9(3)19(25-11(7)5)13-15-17(23-27-21-15)14(18-16(13)22-28-24-18)20-10(4)8(2)12(6)26-20;1-7-6-16-14-10(4)13-8(2)11(5)17-15(13)9(3)12(7)14;1-5-7(3)13-11-9(5)15-10-6(2)8(4)14-12(10)11;1-5-9-7(3)13-8(4)11(9)14-10(5)6(2)12;2*1-5-7(3)11-10-6(2)8(4)12-9(5)10;1-5-4-10-9-6(2)7(3)11-8(5)9/h1-8H3;1-6H3;6H,1-5H3;1-4H3;1-4H3;2*1-4H3;4H,1-3H3. The first-order valence-electron chi connectivity index (χ1n) is 45.4. The van der Waals surface area contributed by atoms with Gasteiger partial charge in [-0.15, -0.1) is 147 Å². The van der Waals surface area contributed by atoms with Gasteiger partial charge in [-0.2, -0.15) is 17.5 Å². The number of carbonyl (C=O) groups is 3. The van der Waals surface area contributed by atoms with Crippen LogP contribution in [0.15, 0.2) is 39.5 Å². The van der Waals surface area contributed by atoms with Gasteiger partial charge in [-0.1, -0.05) is 0 Å². The Kier molecular flexibility index (Phi) is 29.7. The predicted octanol–water partition coefficient (Wildman–Crippen LogP) is 36.9. The molecular formula is C109H116N6O5S15Se2. The van der Waals surface area contributed by atoms with E-state index in [9.17, 15) is 14.4 Å². The fourth-order valence-corrected chi connectivity index (χ4v) is 41.8. The van der Waals surface area contributed by atoms with Crippen molar-refractivity contribution in [3.8, 4) is 20.9 Å². The molecule has 28 heteroatoms. The van der Waals surface area contributed by atoms with E-state index in [1.165, 1.54) is 224 Å². The average Bonchev–Trinajstić information content (AvgIpc) is 1.55. The topological polar surface area (TPSA) is 134 Å². The number of nitrogens with zero attached hydrogens (tertiary/aromatic N) is 6. The predicted molar refractivity (Wildman–Crippen MR) is 617 cm³/mol. The minimum atomic E-state index is -0.0936. The first-order valence-corrected chi connectivity index (χ1v) is 61.0. The van der Waals surface area contributed by atoms with Crippen LogP contribution in [0.25, 0.3) is 121 Å². The van der Waals surface area contributed by atoms with Crippen LogP contribution in [0.4, 0.5) is 11.4 Å². The molecule has 0 N–H and O–H groups in total. The van der Waals surface area contributed by atoms with Crippen LogP contribution >= 0.6 is 159 Å². The number of likely N-dealkylation sites (N-methyl/N-ethyl adjacent to an activating group) is 2. The quantitative estimate of drug-likeness (QED) is 0.124. The molecule has 0 spiro atoms. The summed E-state index contributed by atoms with van der Waals surface area (Å²) in [5, 5.41) is 8.83. The Morgan fingerprint density at radius 2 is 0.686 bits per heavy atom. The second kappa shape index (κ2) is 39.6. The second-order valence-corrected chi connectivity index (χ2v) is 57.7. The normalized spacial score (nSPS) is 12.9. The van der Waals surface area contributed by atoms with Crippen molar-refractivity contribution in [3.63, 3.8) is 0 Å². The molecule has 11 nitrogen and oxygen atoms in total. The van der Waals surface area contributed by atoms with E-state index in [-0.39, 0.29) is 17.6 Å². The maximum absolute atomic E-state index is 13.3. The van der Waals surface area contributed by atoms with E-state index < -0.39 is 0 Å². The molecule has 2 aromatic carbocycles. The Hall–Kier alpha value is -7.09. The molecule has 20 aromatic rings.